The summed E-state index contributed by atoms with van der Waals surface area (Å²) in [5.41, 5.74) is -0.173. The molecule has 3 heteroatoms. The summed E-state index contributed by atoms with van der Waals surface area (Å²) >= 11 is 0. The van der Waals surface area contributed by atoms with E-state index in [0.717, 1.165) is 45.1 Å². The Morgan fingerprint density at radius 3 is 2.47 bits per heavy atom. The molecule has 1 saturated heterocycles. The SMILES string of the molecule is CCCC1CCC(C#N)(N2CCOCC2)CC1. The smallest absolute Gasteiger partial charge is 0.109 e. The van der Waals surface area contributed by atoms with Gasteiger partial charge in [0.05, 0.1) is 19.3 Å². The quantitative estimate of drug-likeness (QED) is 0.755. The fourth-order valence-corrected chi connectivity index (χ4v) is 3.34. The standard InChI is InChI=1S/C14H24N2O/c1-2-3-13-4-6-14(12-15,7-5-13)16-8-10-17-11-9-16/h13H,2-11H2,1H3. The first-order valence-electron chi connectivity index (χ1n) is 7.05. The van der Waals surface area contributed by atoms with Crippen LogP contribution in [0.15, 0.2) is 0 Å². The minimum Gasteiger partial charge on any atom is -0.379 e. The van der Waals surface area contributed by atoms with Gasteiger partial charge in [0, 0.05) is 13.1 Å². The van der Waals surface area contributed by atoms with E-state index in [0.29, 0.717) is 0 Å². The molecule has 2 fully saturated rings. The van der Waals surface area contributed by atoms with E-state index in [1.165, 1.54) is 25.7 Å². The molecule has 0 amide bonds. The molecule has 0 spiro atoms. The molecule has 2 rings (SSSR count). The van der Waals surface area contributed by atoms with Gasteiger partial charge >= 0.3 is 0 Å². The van der Waals surface area contributed by atoms with Gasteiger partial charge in [-0.2, -0.15) is 5.26 Å². The van der Waals surface area contributed by atoms with Crippen LogP contribution in [0, 0.1) is 17.2 Å². The van der Waals surface area contributed by atoms with Gasteiger partial charge in [-0.1, -0.05) is 19.8 Å². The zero-order chi connectivity index (χ0) is 12.1. The zero-order valence-electron chi connectivity index (χ0n) is 11.0. The Labute approximate surface area is 105 Å². The lowest BCUT2D eigenvalue weighted by molar-refractivity contribution is -0.0200. The summed E-state index contributed by atoms with van der Waals surface area (Å²) in [6.07, 6.45) is 7.21. The molecule has 0 aromatic rings. The van der Waals surface area contributed by atoms with Gasteiger partial charge in [0.1, 0.15) is 5.54 Å². The van der Waals surface area contributed by atoms with Crippen molar-refractivity contribution in [1.29, 1.82) is 5.26 Å². The van der Waals surface area contributed by atoms with Crippen molar-refractivity contribution in [1.82, 2.24) is 4.90 Å². The highest BCUT2D eigenvalue weighted by Gasteiger charge is 2.40. The molecular formula is C14H24N2O. The number of rotatable bonds is 3. The molecule has 1 heterocycles. The van der Waals surface area contributed by atoms with Gasteiger partial charge in [0.25, 0.3) is 0 Å². The lowest BCUT2D eigenvalue weighted by Gasteiger charge is -2.44. The molecule has 1 aliphatic carbocycles. The van der Waals surface area contributed by atoms with Crippen LogP contribution in [0.4, 0.5) is 0 Å². The minimum atomic E-state index is -0.173. The van der Waals surface area contributed by atoms with Gasteiger partial charge in [-0.3, -0.25) is 4.90 Å². The van der Waals surface area contributed by atoms with Crippen LogP contribution < -0.4 is 0 Å². The molecule has 0 bridgehead atoms. The van der Waals surface area contributed by atoms with Gasteiger partial charge < -0.3 is 4.74 Å². The second-order valence-corrected chi connectivity index (χ2v) is 5.47. The molecule has 0 unspecified atom stereocenters. The maximum Gasteiger partial charge on any atom is 0.109 e. The first kappa shape index (κ1) is 12.9. The molecule has 0 aromatic heterocycles. The van der Waals surface area contributed by atoms with Gasteiger partial charge in [-0.15, -0.1) is 0 Å². The molecule has 0 aromatic carbocycles. The molecule has 0 atom stereocenters. The van der Waals surface area contributed by atoms with E-state index >= 15 is 0 Å². The molecular weight excluding hydrogens is 212 g/mol. The summed E-state index contributed by atoms with van der Waals surface area (Å²) in [5.74, 6) is 0.863. The predicted molar refractivity (Wildman–Crippen MR) is 67.6 cm³/mol. The first-order chi connectivity index (χ1) is 8.30. The minimum absolute atomic E-state index is 0.173. The summed E-state index contributed by atoms with van der Waals surface area (Å²) in [6, 6.07) is 2.62. The molecule has 1 aliphatic heterocycles. The molecule has 0 N–H and O–H groups in total. The van der Waals surface area contributed by atoms with Crippen molar-refractivity contribution in [3.8, 4) is 6.07 Å². The van der Waals surface area contributed by atoms with E-state index in [-0.39, 0.29) is 5.54 Å². The maximum absolute atomic E-state index is 9.58. The number of morpholine rings is 1. The van der Waals surface area contributed by atoms with Crippen LogP contribution in [-0.4, -0.2) is 36.7 Å². The number of hydrogen-bond acceptors (Lipinski definition) is 3. The highest BCUT2D eigenvalue weighted by Crippen LogP contribution is 2.38. The third-order valence-corrected chi connectivity index (χ3v) is 4.45. The van der Waals surface area contributed by atoms with Crippen LogP contribution in [-0.2, 0) is 4.74 Å². The Kier molecular flexibility index (Phi) is 4.42. The van der Waals surface area contributed by atoms with Crippen molar-refractivity contribution < 1.29 is 4.74 Å². The van der Waals surface area contributed by atoms with Crippen LogP contribution >= 0.6 is 0 Å². The van der Waals surface area contributed by atoms with Crippen LogP contribution in [0.3, 0.4) is 0 Å². The zero-order valence-corrected chi connectivity index (χ0v) is 11.0. The lowest BCUT2D eigenvalue weighted by Crippen LogP contribution is -2.54. The Morgan fingerprint density at radius 2 is 1.94 bits per heavy atom. The molecule has 3 nitrogen and oxygen atoms in total. The van der Waals surface area contributed by atoms with E-state index < -0.39 is 0 Å². The number of ether oxygens (including phenoxy) is 1. The fourth-order valence-electron chi connectivity index (χ4n) is 3.34. The Balaban J connectivity index is 1.95. The average Bonchev–Trinajstić information content (AvgIpc) is 2.41. The van der Waals surface area contributed by atoms with Gasteiger partial charge in [0.2, 0.25) is 0 Å². The Morgan fingerprint density at radius 1 is 1.29 bits per heavy atom. The Bertz CT molecular complexity index is 270. The highest BCUT2D eigenvalue weighted by molar-refractivity contribution is 5.10. The van der Waals surface area contributed by atoms with Crippen molar-refractivity contribution in [2.75, 3.05) is 26.3 Å². The molecule has 1 saturated carbocycles. The Hall–Kier alpha value is -0.590. The van der Waals surface area contributed by atoms with Crippen molar-refractivity contribution in [3.05, 3.63) is 0 Å². The summed E-state index contributed by atoms with van der Waals surface area (Å²) in [7, 11) is 0. The monoisotopic (exact) mass is 236 g/mol. The topological polar surface area (TPSA) is 36.3 Å². The van der Waals surface area contributed by atoms with Gasteiger partial charge in [0.15, 0.2) is 0 Å². The predicted octanol–water partition coefficient (Wildman–Crippen LogP) is 2.57. The molecule has 0 radical (unpaired) electrons. The van der Waals surface area contributed by atoms with Crippen molar-refractivity contribution in [3.63, 3.8) is 0 Å². The summed E-state index contributed by atoms with van der Waals surface area (Å²) in [6.45, 7) is 5.72. The van der Waals surface area contributed by atoms with Crippen LogP contribution in [0.1, 0.15) is 45.4 Å². The van der Waals surface area contributed by atoms with E-state index in [9.17, 15) is 5.26 Å². The van der Waals surface area contributed by atoms with Crippen LogP contribution in [0.25, 0.3) is 0 Å². The normalized spacial score (nSPS) is 35.4. The second-order valence-electron chi connectivity index (χ2n) is 5.47. The van der Waals surface area contributed by atoms with Crippen LogP contribution in [0.5, 0.6) is 0 Å². The largest absolute Gasteiger partial charge is 0.379 e. The first-order valence-corrected chi connectivity index (χ1v) is 7.05. The summed E-state index contributed by atoms with van der Waals surface area (Å²) < 4.78 is 5.39. The van der Waals surface area contributed by atoms with Gasteiger partial charge in [-0.25, -0.2) is 0 Å². The molecule has 17 heavy (non-hydrogen) atoms. The third kappa shape index (κ3) is 2.81. The van der Waals surface area contributed by atoms with Gasteiger partial charge in [-0.05, 0) is 31.6 Å². The number of nitrogens with zero attached hydrogens (tertiary/aromatic N) is 2. The fraction of sp³-hybridized carbons (Fsp3) is 0.929. The number of nitriles is 1. The van der Waals surface area contributed by atoms with Crippen molar-refractivity contribution >= 4 is 0 Å². The van der Waals surface area contributed by atoms with Crippen molar-refractivity contribution in [2.45, 2.75) is 51.0 Å². The van der Waals surface area contributed by atoms with E-state index in [4.69, 9.17) is 4.74 Å². The lowest BCUT2D eigenvalue weighted by atomic mass is 9.75. The molecule has 2 aliphatic rings. The summed E-state index contributed by atoms with van der Waals surface area (Å²) in [5, 5.41) is 9.58. The van der Waals surface area contributed by atoms with E-state index in [2.05, 4.69) is 17.9 Å². The third-order valence-electron chi connectivity index (χ3n) is 4.45. The second kappa shape index (κ2) is 5.84. The van der Waals surface area contributed by atoms with E-state index in [1.807, 2.05) is 0 Å². The maximum atomic E-state index is 9.58. The van der Waals surface area contributed by atoms with E-state index in [1.54, 1.807) is 0 Å². The molecule has 96 valence electrons. The van der Waals surface area contributed by atoms with Crippen LogP contribution in [0.2, 0.25) is 0 Å². The summed E-state index contributed by atoms with van der Waals surface area (Å²) in [4.78, 5) is 2.37. The highest BCUT2D eigenvalue weighted by atomic mass is 16.5. The number of hydrogen-bond donors (Lipinski definition) is 0. The average molecular weight is 236 g/mol. The van der Waals surface area contributed by atoms with Crippen molar-refractivity contribution in [2.24, 2.45) is 5.92 Å².